The number of halogens is 2. The van der Waals surface area contributed by atoms with Crippen LogP contribution in [0.3, 0.4) is 0 Å². The molecule has 1 N–H and O–H groups in total. The Balaban J connectivity index is 2.12. The van der Waals surface area contributed by atoms with Crippen LogP contribution in [-0.2, 0) is 0 Å². The van der Waals surface area contributed by atoms with Crippen LogP contribution in [0.25, 0.3) is 0 Å². The fourth-order valence-corrected chi connectivity index (χ4v) is 2.39. The number of hydrogen-bond acceptors (Lipinski definition) is 2. The summed E-state index contributed by atoms with van der Waals surface area (Å²) < 4.78 is 28.9. The summed E-state index contributed by atoms with van der Waals surface area (Å²) in [5.74, 6) is -0.125. The number of nitrogens with one attached hydrogen (secondary N) is 1. The Morgan fingerprint density at radius 1 is 1.13 bits per heavy atom. The van der Waals surface area contributed by atoms with Gasteiger partial charge in [-0.15, -0.1) is 0 Å². The van der Waals surface area contributed by atoms with Crippen molar-refractivity contribution in [3.8, 4) is 5.75 Å². The summed E-state index contributed by atoms with van der Waals surface area (Å²) in [7, 11) is 0. The highest BCUT2D eigenvalue weighted by Gasteiger charge is 2.14. The minimum absolute atomic E-state index is 0.0742. The molecule has 122 valence electrons. The fourth-order valence-electron chi connectivity index (χ4n) is 2.39. The third kappa shape index (κ3) is 4.52. The molecule has 23 heavy (non-hydrogen) atoms. The lowest BCUT2D eigenvalue weighted by Crippen LogP contribution is -2.27. The third-order valence-electron chi connectivity index (χ3n) is 3.56. The molecule has 0 aliphatic heterocycles. The van der Waals surface area contributed by atoms with Crippen LogP contribution >= 0.6 is 0 Å². The van der Waals surface area contributed by atoms with E-state index < -0.39 is 6.61 Å². The summed E-state index contributed by atoms with van der Waals surface area (Å²) in [5.41, 5.74) is 3.28. The molecular formula is C18H19F2NO2. The number of carbonyl (C=O) groups excluding carboxylic acids is 1. The van der Waals surface area contributed by atoms with Gasteiger partial charge >= 0.3 is 6.61 Å². The quantitative estimate of drug-likeness (QED) is 0.887. The number of benzene rings is 2. The van der Waals surface area contributed by atoms with E-state index in [1.807, 2.05) is 26.0 Å². The van der Waals surface area contributed by atoms with E-state index in [2.05, 4.69) is 10.1 Å². The largest absolute Gasteiger partial charge is 0.435 e. The highest BCUT2D eigenvalue weighted by Crippen LogP contribution is 2.21. The summed E-state index contributed by atoms with van der Waals surface area (Å²) >= 11 is 0. The second kappa shape index (κ2) is 7.22. The van der Waals surface area contributed by atoms with Gasteiger partial charge < -0.3 is 10.1 Å². The zero-order valence-electron chi connectivity index (χ0n) is 13.3. The van der Waals surface area contributed by atoms with Crippen molar-refractivity contribution < 1.29 is 18.3 Å². The first-order valence-corrected chi connectivity index (χ1v) is 7.29. The molecule has 1 amide bonds. The first-order valence-electron chi connectivity index (χ1n) is 7.29. The first kappa shape index (κ1) is 16.9. The normalized spacial score (nSPS) is 12.1. The molecule has 0 saturated heterocycles. The van der Waals surface area contributed by atoms with Gasteiger partial charge in [-0.3, -0.25) is 4.79 Å². The van der Waals surface area contributed by atoms with Crippen molar-refractivity contribution in [3.05, 3.63) is 64.7 Å². The van der Waals surface area contributed by atoms with E-state index in [4.69, 9.17) is 0 Å². The molecule has 5 heteroatoms. The molecule has 2 aromatic carbocycles. The number of hydrogen-bond donors (Lipinski definition) is 1. The summed E-state index contributed by atoms with van der Waals surface area (Å²) in [6, 6.07) is 11.6. The van der Waals surface area contributed by atoms with Crippen LogP contribution in [0.15, 0.2) is 42.5 Å². The van der Waals surface area contributed by atoms with Crippen LogP contribution in [0.4, 0.5) is 8.78 Å². The van der Waals surface area contributed by atoms with E-state index in [1.54, 1.807) is 25.1 Å². The van der Waals surface area contributed by atoms with Crippen molar-refractivity contribution in [1.82, 2.24) is 5.32 Å². The van der Waals surface area contributed by atoms with Crippen molar-refractivity contribution in [2.75, 3.05) is 0 Å². The van der Waals surface area contributed by atoms with Gasteiger partial charge in [-0.25, -0.2) is 0 Å². The first-order chi connectivity index (χ1) is 10.9. The smallest absolute Gasteiger partial charge is 0.387 e. The molecule has 0 spiro atoms. The van der Waals surface area contributed by atoms with Crippen molar-refractivity contribution in [1.29, 1.82) is 0 Å². The van der Waals surface area contributed by atoms with Crippen LogP contribution in [-0.4, -0.2) is 12.5 Å². The minimum atomic E-state index is -2.87. The van der Waals surface area contributed by atoms with E-state index in [-0.39, 0.29) is 17.7 Å². The van der Waals surface area contributed by atoms with Gasteiger partial charge in [0.25, 0.3) is 5.91 Å². The zero-order valence-corrected chi connectivity index (χ0v) is 13.3. The van der Waals surface area contributed by atoms with Crippen LogP contribution in [0, 0.1) is 13.8 Å². The van der Waals surface area contributed by atoms with Crippen molar-refractivity contribution >= 4 is 5.91 Å². The van der Waals surface area contributed by atoms with E-state index in [1.165, 1.54) is 12.1 Å². The van der Waals surface area contributed by atoms with Gasteiger partial charge in [0.2, 0.25) is 0 Å². The average Bonchev–Trinajstić information content (AvgIpc) is 2.46. The molecule has 0 aromatic heterocycles. The molecular weight excluding hydrogens is 300 g/mol. The predicted molar refractivity (Wildman–Crippen MR) is 84.9 cm³/mol. The number of ether oxygens (including phenoxy) is 1. The Labute approximate surface area is 134 Å². The van der Waals surface area contributed by atoms with Crippen LogP contribution < -0.4 is 10.1 Å². The molecule has 3 nitrogen and oxygen atoms in total. The highest BCUT2D eigenvalue weighted by atomic mass is 19.3. The van der Waals surface area contributed by atoms with E-state index >= 15 is 0 Å². The van der Waals surface area contributed by atoms with Crippen molar-refractivity contribution in [3.63, 3.8) is 0 Å². The van der Waals surface area contributed by atoms with Gasteiger partial charge in [0.05, 0.1) is 6.04 Å². The number of carbonyl (C=O) groups is 1. The standard InChI is InChI=1S/C18H19F2NO2/c1-11-7-8-16(12(2)9-11)17(22)21-13(3)14-5-4-6-15(10-14)23-18(19)20/h4-10,13,18H,1-3H3,(H,21,22)/t13-/m0/s1. The number of rotatable bonds is 5. The van der Waals surface area contributed by atoms with E-state index in [0.717, 1.165) is 11.1 Å². The minimum Gasteiger partial charge on any atom is -0.435 e. The Morgan fingerprint density at radius 2 is 1.87 bits per heavy atom. The van der Waals surface area contributed by atoms with Gasteiger partial charge in [-0.2, -0.15) is 8.78 Å². The molecule has 0 heterocycles. The molecule has 0 saturated carbocycles. The second-order valence-electron chi connectivity index (χ2n) is 5.46. The number of amides is 1. The lowest BCUT2D eigenvalue weighted by molar-refractivity contribution is -0.0499. The Kier molecular flexibility index (Phi) is 5.32. The molecule has 0 unspecified atom stereocenters. The maximum Gasteiger partial charge on any atom is 0.387 e. The molecule has 2 rings (SSSR count). The van der Waals surface area contributed by atoms with E-state index in [0.29, 0.717) is 11.1 Å². The summed E-state index contributed by atoms with van der Waals surface area (Å²) in [6.45, 7) is 2.77. The lowest BCUT2D eigenvalue weighted by Gasteiger charge is -2.16. The molecule has 2 aromatic rings. The molecule has 1 atom stereocenters. The topological polar surface area (TPSA) is 38.3 Å². The van der Waals surface area contributed by atoms with Gasteiger partial charge in [-0.05, 0) is 50.1 Å². The van der Waals surface area contributed by atoms with Crippen LogP contribution in [0.5, 0.6) is 5.75 Å². The number of aryl methyl sites for hydroxylation is 2. The highest BCUT2D eigenvalue weighted by molar-refractivity contribution is 5.95. The van der Waals surface area contributed by atoms with Crippen molar-refractivity contribution in [2.24, 2.45) is 0 Å². The lowest BCUT2D eigenvalue weighted by atomic mass is 10.0. The van der Waals surface area contributed by atoms with Gasteiger partial charge in [0.15, 0.2) is 0 Å². The summed E-state index contributed by atoms with van der Waals surface area (Å²) in [5, 5.41) is 2.87. The molecule has 0 bridgehead atoms. The van der Waals surface area contributed by atoms with Crippen molar-refractivity contribution in [2.45, 2.75) is 33.4 Å². The second-order valence-corrected chi connectivity index (χ2v) is 5.46. The molecule has 0 radical (unpaired) electrons. The Morgan fingerprint density at radius 3 is 2.52 bits per heavy atom. The zero-order chi connectivity index (χ0) is 17.0. The predicted octanol–water partition coefficient (Wildman–Crippen LogP) is 4.40. The van der Waals surface area contributed by atoms with Gasteiger partial charge in [0, 0.05) is 5.56 Å². The van der Waals surface area contributed by atoms with E-state index in [9.17, 15) is 13.6 Å². The summed E-state index contributed by atoms with van der Waals surface area (Å²) in [6.07, 6.45) is 0. The average molecular weight is 319 g/mol. The SMILES string of the molecule is Cc1ccc(C(=O)N[C@@H](C)c2cccc(OC(F)F)c2)c(C)c1. The molecule has 0 aliphatic carbocycles. The summed E-state index contributed by atoms with van der Waals surface area (Å²) in [4.78, 5) is 12.4. The van der Waals surface area contributed by atoms with Crippen LogP contribution in [0.1, 0.15) is 40.0 Å². The fraction of sp³-hybridized carbons (Fsp3) is 0.278. The Hall–Kier alpha value is -2.43. The monoisotopic (exact) mass is 319 g/mol. The maximum atomic E-state index is 12.4. The molecule has 0 fully saturated rings. The Bertz CT molecular complexity index is 701. The number of alkyl halides is 2. The maximum absolute atomic E-state index is 12.4. The van der Waals surface area contributed by atoms with Gasteiger partial charge in [0.1, 0.15) is 5.75 Å². The molecule has 0 aliphatic rings. The van der Waals surface area contributed by atoms with Crippen LogP contribution in [0.2, 0.25) is 0 Å². The third-order valence-corrected chi connectivity index (χ3v) is 3.56. The van der Waals surface area contributed by atoms with Gasteiger partial charge in [-0.1, -0.05) is 29.8 Å².